The Morgan fingerprint density at radius 3 is 2.90 bits per heavy atom. The molecule has 1 heterocycles. The van der Waals surface area contributed by atoms with E-state index in [0.29, 0.717) is 40.8 Å². The number of carbonyl (C=O) groups is 1. The molecule has 1 aromatic heterocycles. The Bertz CT molecular complexity index is 974. The van der Waals surface area contributed by atoms with Gasteiger partial charge in [-0.1, -0.05) is 29.4 Å². The van der Waals surface area contributed by atoms with Gasteiger partial charge in [0.15, 0.2) is 5.16 Å². The Labute approximate surface area is 179 Å². The second kappa shape index (κ2) is 10.3. The van der Waals surface area contributed by atoms with Crippen LogP contribution >= 0.6 is 23.4 Å². The normalized spacial score (nSPS) is 14.1. The van der Waals surface area contributed by atoms with Gasteiger partial charge in [0.25, 0.3) is 5.56 Å². The fraction of sp³-hybridized carbons (Fsp3) is 0.476. The van der Waals surface area contributed by atoms with Gasteiger partial charge in [-0.05, 0) is 50.8 Å². The zero-order chi connectivity index (χ0) is 20.8. The van der Waals surface area contributed by atoms with Crippen LogP contribution in [0.25, 0.3) is 10.9 Å². The van der Waals surface area contributed by atoms with Crippen molar-refractivity contribution in [1.29, 1.82) is 0 Å². The van der Waals surface area contributed by atoms with Crippen molar-refractivity contribution in [2.24, 2.45) is 0 Å². The summed E-state index contributed by atoms with van der Waals surface area (Å²) in [6.07, 6.45) is 6.43. The van der Waals surface area contributed by atoms with Crippen LogP contribution in [0.5, 0.6) is 0 Å². The van der Waals surface area contributed by atoms with E-state index < -0.39 is 0 Å². The predicted octanol–water partition coefficient (Wildman–Crippen LogP) is 4.09. The van der Waals surface area contributed by atoms with Crippen LogP contribution in [0.15, 0.2) is 39.9 Å². The molecule has 0 spiro atoms. The first-order valence-electron chi connectivity index (χ1n) is 9.86. The van der Waals surface area contributed by atoms with E-state index >= 15 is 0 Å². The molecule has 1 aromatic carbocycles. The minimum atomic E-state index is -0.152. The van der Waals surface area contributed by atoms with Crippen molar-refractivity contribution in [3.63, 3.8) is 0 Å². The number of benzene rings is 1. The Balaban J connectivity index is 1.86. The molecular weight excluding hydrogens is 410 g/mol. The number of rotatable bonds is 8. The molecule has 0 aliphatic heterocycles. The van der Waals surface area contributed by atoms with E-state index in [-0.39, 0.29) is 17.2 Å². The number of allylic oxidation sites excluding steroid dienone is 2. The minimum Gasteiger partial charge on any atom is -0.383 e. The summed E-state index contributed by atoms with van der Waals surface area (Å²) in [5.74, 6) is 0.251. The van der Waals surface area contributed by atoms with Crippen LogP contribution in [0.1, 0.15) is 32.6 Å². The van der Waals surface area contributed by atoms with Gasteiger partial charge in [0.05, 0.1) is 29.8 Å². The van der Waals surface area contributed by atoms with Crippen LogP contribution < -0.4 is 5.56 Å². The molecular formula is C21H26ClN3O3S. The summed E-state index contributed by atoms with van der Waals surface area (Å²) < 4.78 is 6.72. The Morgan fingerprint density at radius 1 is 1.38 bits per heavy atom. The SMILES string of the molecule is CCN(C(=O)CSc1nc2cc(Cl)ccc2c(=O)n1CCOC)C1=CCCCC1. The first-order chi connectivity index (χ1) is 14.0. The molecule has 0 bridgehead atoms. The molecule has 0 radical (unpaired) electrons. The second-order valence-corrected chi connectivity index (χ2v) is 8.25. The Kier molecular flexibility index (Phi) is 7.75. The molecule has 2 aromatic rings. The largest absolute Gasteiger partial charge is 0.383 e. The highest BCUT2D eigenvalue weighted by molar-refractivity contribution is 7.99. The number of carbonyl (C=O) groups excluding carboxylic acids is 1. The number of aromatic nitrogens is 2. The minimum absolute atomic E-state index is 0.0318. The lowest BCUT2D eigenvalue weighted by Crippen LogP contribution is -2.32. The molecule has 8 heteroatoms. The Hall–Kier alpha value is -1.83. The number of fused-ring (bicyclic) bond motifs is 1. The third kappa shape index (κ3) is 5.21. The van der Waals surface area contributed by atoms with Crippen molar-refractivity contribution < 1.29 is 9.53 Å². The number of hydrogen-bond donors (Lipinski definition) is 0. The van der Waals surface area contributed by atoms with E-state index in [2.05, 4.69) is 11.1 Å². The van der Waals surface area contributed by atoms with Crippen LogP contribution in [0.3, 0.4) is 0 Å². The zero-order valence-corrected chi connectivity index (χ0v) is 18.4. The van der Waals surface area contributed by atoms with E-state index in [1.165, 1.54) is 18.2 Å². The molecule has 0 N–H and O–H groups in total. The average Bonchev–Trinajstić information content (AvgIpc) is 2.73. The maximum absolute atomic E-state index is 13.0. The lowest BCUT2D eigenvalue weighted by Gasteiger charge is -2.26. The predicted molar refractivity (Wildman–Crippen MR) is 118 cm³/mol. The smallest absolute Gasteiger partial charge is 0.262 e. The lowest BCUT2D eigenvalue weighted by atomic mass is 10.0. The van der Waals surface area contributed by atoms with Crippen molar-refractivity contribution in [3.05, 3.63) is 45.3 Å². The number of thioether (sulfide) groups is 1. The molecule has 0 saturated carbocycles. The van der Waals surface area contributed by atoms with Gasteiger partial charge in [0.1, 0.15) is 0 Å². The van der Waals surface area contributed by atoms with Crippen molar-refractivity contribution in [3.8, 4) is 0 Å². The van der Waals surface area contributed by atoms with Gasteiger partial charge in [-0.2, -0.15) is 0 Å². The van der Waals surface area contributed by atoms with Gasteiger partial charge in [0, 0.05) is 24.4 Å². The van der Waals surface area contributed by atoms with Gasteiger partial charge in [0.2, 0.25) is 5.91 Å². The first-order valence-corrected chi connectivity index (χ1v) is 11.2. The number of halogens is 1. The van der Waals surface area contributed by atoms with E-state index in [1.54, 1.807) is 29.9 Å². The quantitative estimate of drug-likeness (QED) is 0.461. The molecule has 156 valence electrons. The van der Waals surface area contributed by atoms with Gasteiger partial charge < -0.3 is 9.64 Å². The highest BCUT2D eigenvalue weighted by atomic mass is 35.5. The summed E-state index contributed by atoms with van der Waals surface area (Å²) >= 11 is 7.36. The summed E-state index contributed by atoms with van der Waals surface area (Å²) in [6, 6.07) is 5.04. The molecule has 1 aliphatic rings. The summed E-state index contributed by atoms with van der Waals surface area (Å²) in [5.41, 5.74) is 1.49. The molecule has 29 heavy (non-hydrogen) atoms. The van der Waals surface area contributed by atoms with Crippen LogP contribution in [0.4, 0.5) is 0 Å². The maximum atomic E-state index is 13.0. The van der Waals surface area contributed by atoms with E-state index in [0.717, 1.165) is 25.0 Å². The standard InChI is InChI=1S/C21H26ClN3O3S/c1-3-24(16-7-5-4-6-8-16)19(26)14-29-21-23-18-13-15(22)9-10-17(18)20(27)25(21)11-12-28-2/h7,9-10,13H,3-6,8,11-12,14H2,1-2H3. The topological polar surface area (TPSA) is 64.4 Å². The Morgan fingerprint density at radius 2 is 2.21 bits per heavy atom. The van der Waals surface area contributed by atoms with Crippen molar-refractivity contribution in [2.75, 3.05) is 26.0 Å². The third-order valence-electron chi connectivity index (χ3n) is 4.96. The lowest BCUT2D eigenvalue weighted by molar-refractivity contribution is -0.126. The fourth-order valence-electron chi connectivity index (χ4n) is 3.47. The molecule has 0 atom stereocenters. The fourth-order valence-corrected chi connectivity index (χ4v) is 4.54. The van der Waals surface area contributed by atoms with Crippen LogP contribution in [-0.4, -0.2) is 46.4 Å². The van der Waals surface area contributed by atoms with Gasteiger partial charge in [-0.3, -0.25) is 14.2 Å². The summed E-state index contributed by atoms with van der Waals surface area (Å²) in [6.45, 7) is 3.39. The average molecular weight is 436 g/mol. The van der Waals surface area contributed by atoms with E-state index in [9.17, 15) is 9.59 Å². The number of ether oxygens (including phenoxy) is 1. The van der Waals surface area contributed by atoms with Crippen LogP contribution in [0, 0.1) is 0 Å². The number of methoxy groups -OCH3 is 1. The van der Waals surface area contributed by atoms with Crippen molar-refractivity contribution >= 4 is 40.2 Å². The summed E-state index contributed by atoms with van der Waals surface area (Å²) in [7, 11) is 1.59. The maximum Gasteiger partial charge on any atom is 0.262 e. The molecule has 0 fully saturated rings. The molecule has 1 aliphatic carbocycles. The van der Waals surface area contributed by atoms with Gasteiger partial charge >= 0.3 is 0 Å². The van der Waals surface area contributed by atoms with Crippen LogP contribution in [0.2, 0.25) is 5.02 Å². The highest BCUT2D eigenvalue weighted by Crippen LogP contribution is 2.24. The number of hydrogen-bond acceptors (Lipinski definition) is 5. The monoisotopic (exact) mass is 435 g/mol. The number of nitrogens with zero attached hydrogens (tertiary/aromatic N) is 3. The van der Waals surface area contributed by atoms with Gasteiger partial charge in [-0.25, -0.2) is 4.98 Å². The zero-order valence-electron chi connectivity index (χ0n) is 16.8. The van der Waals surface area contributed by atoms with Gasteiger partial charge in [-0.15, -0.1) is 0 Å². The van der Waals surface area contributed by atoms with Crippen molar-refractivity contribution in [2.45, 2.75) is 44.3 Å². The third-order valence-corrected chi connectivity index (χ3v) is 6.15. The molecule has 6 nitrogen and oxygen atoms in total. The van der Waals surface area contributed by atoms with E-state index in [4.69, 9.17) is 16.3 Å². The molecule has 0 unspecified atom stereocenters. The molecule has 3 rings (SSSR count). The van der Waals surface area contributed by atoms with Crippen molar-refractivity contribution in [1.82, 2.24) is 14.5 Å². The summed E-state index contributed by atoms with van der Waals surface area (Å²) in [4.78, 5) is 32.3. The number of amides is 1. The van der Waals surface area contributed by atoms with E-state index in [1.807, 2.05) is 11.8 Å². The first kappa shape index (κ1) is 21.9. The van der Waals surface area contributed by atoms with Crippen LogP contribution in [-0.2, 0) is 16.1 Å². The highest BCUT2D eigenvalue weighted by Gasteiger charge is 2.20. The summed E-state index contributed by atoms with van der Waals surface area (Å²) in [5, 5.41) is 1.53. The molecule has 1 amide bonds. The molecule has 0 saturated heterocycles. The second-order valence-electron chi connectivity index (χ2n) is 6.87.